The fourth-order valence-corrected chi connectivity index (χ4v) is 2.14. The van der Waals surface area contributed by atoms with Gasteiger partial charge in [-0.05, 0) is 10.8 Å². The molecule has 0 amide bonds. The monoisotopic (exact) mass is 223 g/mol. The van der Waals surface area contributed by atoms with Crippen LogP contribution in [0.2, 0.25) is 0 Å². The van der Waals surface area contributed by atoms with Crippen molar-refractivity contribution in [3.05, 3.63) is 54.2 Å². The number of nitrogens with one attached hydrogen (secondary N) is 1. The lowest BCUT2D eigenvalue weighted by Crippen LogP contribution is -1.96. The van der Waals surface area contributed by atoms with Crippen molar-refractivity contribution in [1.82, 2.24) is 10.2 Å². The van der Waals surface area contributed by atoms with E-state index in [9.17, 15) is 0 Å². The second-order valence-electron chi connectivity index (χ2n) is 4.00. The molecular weight excluding hydrogens is 210 g/mol. The van der Waals surface area contributed by atoms with Gasteiger partial charge in [0, 0.05) is 17.7 Å². The normalized spacial score (nSPS) is 10.9. The van der Waals surface area contributed by atoms with Gasteiger partial charge < -0.3 is 5.73 Å². The van der Waals surface area contributed by atoms with Gasteiger partial charge in [-0.25, -0.2) is 0 Å². The van der Waals surface area contributed by atoms with E-state index in [2.05, 4.69) is 40.5 Å². The van der Waals surface area contributed by atoms with E-state index >= 15 is 0 Å². The third-order valence-electron chi connectivity index (χ3n) is 3.00. The van der Waals surface area contributed by atoms with Crippen LogP contribution in [-0.2, 0) is 6.54 Å². The zero-order valence-electron chi connectivity index (χ0n) is 9.35. The predicted octanol–water partition coefficient (Wildman–Crippen LogP) is 2.69. The van der Waals surface area contributed by atoms with E-state index in [1.807, 2.05) is 12.1 Å². The third kappa shape index (κ3) is 1.61. The molecule has 0 aliphatic carbocycles. The number of nitrogens with zero attached hydrogens (tertiary/aromatic N) is 1. The van der Waals surface area contributed by atoms with E-state index in [0.29, 0.717) is 6.54 Å². The Balaban J connectivity index is 2.31. The van der Waals surface area contributed by atoms with Crippen molar-refractivity contribution in [2.45, 2.75) is 6.54 Å². The molecule has 0 fully saturated rings. The first kappa shape index (κ1) is 10.1. The Morgan fingerprint density at radius 2 is 1.88 bits per heavy atom. The highest BCUT2D eigenvalue weighted by Gasteiger charge is 2.08. The molecule has 2 aromatic carbocycles. The summed E-state index contributed by atoms with van der Waals surface area (Å²) in [5.74, 6) is 0. The maximum Gasteiger partial charge on any atom is 0.0701 e. The highest BCUT2D eigenvalue weighted by atomic mass is 15.1. The molecule has 0 aliphatic rings. The van der Waals surface area contributed by atoms with Crippen molar-refractivity contribution in [3.8, 4) is 11.3 Å². The first-order valence-corrected chi connectivity index (χ1v) is 5.60. The Labute approximate surface area is 99.3 Å². The number of nitrogens with two attached hydrogens (primary N) is 1. The molecule has 0 saturated heterocycles. The van der Waals surface area contributed by atoms with Crippen LogP contribution in [0.1, 0.15) is 5.56 Å². The lowest BCUT2D eigenvalue weighted by atomic mass is 10.0. The molecule has 17 heavy (non-hydrogen) atoms. The molecule has 3 aromatic rings. The summed E-state index contributed by atoms with van der Waals surface area (Å²) in [5.41, 5.74) is 8.93. The maximum absolute atomic E-state index is 5.72. The van der Waals surface area contributed by atoms with Crippen molar-refractivity contribution in [2.75, 3.05) is 0 Å². The second kappa shape index (κ2) is 4.03. The molecule has 1 heterocycles. The average molecular weight is 223 g/mol. The van der Waals surface area contributed by atoms with Crippen molar-refractivity contribution < 1.29 is 0 Å². The first-order valence-electron chi connectivity index (χ1n) is 5.60. The van der Waals surface area contributed by atoms with Crippen LogP contribution in [0.15, 0.2) is 48.7 Å². The quantitative estimate of drug-likeness (QED) is 0.701. The summed E-state index contributed by atoms with van der Waals surface area (Å²) < 4.78 is 0. The highest BCUT2D eigenvalue weighted by Crippen LogP contribution is 2.28. The standard InChI is InChI=1S/C14H13N3/c15-8-11-9-16-17-14(11)13-7-3-5-10-4-1-2-6-12(10)13/h1-7,9H,8,15H2,(H,16,17). The van der Waals surface area contributed by atoms with Gasteiger partial charge in [0.1, 0.15) is 0 Å². The maximum atomic E-state index is 5.72. The van der Waals surface area contributed by atoms with Crippen molar-refractivity contribution in [2.24, 2.45) is 5.73 Å². The Hall–Kier alpha value is -2.13. The molecule has 0 bridgehead atoms. The summed E-state index contributed by atoms with van der Waals surface area (Å²) in [5, 5.41) is 9.55. The van der Waals surface area contributed by atoms with Gasteiger partial charge in [0.05, 0.1) is 11.9 Å². The number of hydrogen-bond acceptors (Lipinski definition) is 2. The smallest absolute Gasteiger partial charge is 0.0701 e. The van der Waals surface area contributed by atoms with Gasteiger partial charge in [0.2, 0.25) is 0 Å². The van der Waals surface area contributed by atoms with Gasteiger partial charge >= 0.3 is 0 Å². The molecule has 3 nitrogen and oxygen atoms in total. The van der Waals surface area contributed by atoms with E-state index in [1.165, 1.54) is 10.8 Å². The molecule has 84 valence electrons. The molecule has 0 spiro atoms. The summed E-state index contributed by atoms with van der Waals surface area (Å²) in [6.45, 7) is 0.495. The number of aromatic nitrogens is 2. The second-order valence-corrected chi connectivity index (χ2v) is 4.00. The Kier molecular flexibility index (Phi) is 2.38. The van der Waals surface area contributed by atoms with E-state index in [0.717, 1.165) is 16.8 Å². The Morgan fingerprint density at radius 1 is 1.06 bits per heavy atom. The van der Waals surface area contributed by atoms with Gasteiger partial charge in [-0.3, -0.25) is 5.10 Å². The summed E-state index contributed by atoms with van der Waals surface area (Å²) >= 11 is 0. The number of rotatable bonds is 2. The van der Waals surface area contributed by atoms with Crippen molar-refractivity contribution in [1.29, 1.82) is 0 Å². The SMILES string of the molecule is NCc1cn[nH]c1-c1cccc2ccccc12. The first-order chi connectivity index (χ1) is 8.40. The van der Waals surface area contributed by atoms with Gasteiger partial charge in [0.25, 0.3) is 0 Å². The van der Waals surface area contributed by atoms with Crippen molar-refractivity contribution >= 4 is 10.8 Å². The average Bonchev–Trinajstić information content (AvgIpc) is 2.86. The zero-order chi connectivity index (χ0) is 11.7. The van der Waals surface area contributed by atoms with Gasteiger partial charge in [-0.1, -0.05) is 42.5 Å². The summed E-state index contributed by atoms with van der Waals surface area (Å²) in [7, 11) is 0. The fraction of sp³-hybridized carbons (Fsp3) is 0.0714. The summed E-state index contributed by atoms with van der Waals surface area (Å²) in [6.07, 6.45) is 1.79. The van der Waals surface area contributed by atoms with E-state index in [-0.39, 0.29) is 0 Å². The Morgan fingerprint density at radius 3 is 2.76 bits per heavy atom. The molecule has 1 aromatic heterocycles. The lowest BCUT2D eigenvalue weighted by Gasteiger charge is -2.06. The predicted molar refractivity (Wildman–Crippen MR) is 69.4 cm³/mol. The largest absolute Gasteiger partial charge is 0.326 e. The number of hydrogen-bond donors (Lipinski definition) is 2. The molecule has 3 rings (SSSR count). The van der Waals surface area contributed by atoms with E-state index < -0.39 is 0 Å². The topological polar surface area (TPSA) is 54.7 Å². The van der Waals surface area contributed by atoms with Crippen LogP contribution in [0.5, 0.6) is 0 Å². The van der Waals surface area contributed by atoms with Crippen LogP contribution in [0, 0.1) is 0 Å². The molecular formula is C14H13N3. The number of aromatic amines is 1. The van der Waals surface area contributed by atoms with Crippen LogP contribution in [0.25, 0.3) is 22.0 Å². The number of fused-ring (bicyclic) bond motifs is 1. The van der Waals surface area contributed by atoms with Crippen LogP contribution in [0.3, 0.4) is 0 Å². The van der Waals surface area contributed by atoms with E-state index in [4.69, 9.17) is 5.73 Å². The van der Waals surface area contributed by atoms with Crippen LogP contribution < -0.4 is 5.73 Å². The molecule has 0 radical (unpaired) electrons. The zero-order valence-corrected chi connectivity index (χ0v) is 9.35. The fourth-order valence-electron chi connectivity index (χ4n) is 2.14. The molecule has 0 aliphatic heterocycles. The third-order valence-corrected chi connectivity index (χ3v) is 3.00. The molecule has 0 atom stereocenters. The lowest BCUT2D eigenvalue weighted by molar-refractivity contribution is 1.08. The van der Waals surface area contributed by atoms with E-state index in [1.54, 1.807) is 6.20 Å². The van der Waals surface area contributed by atoms with Crippen molar-refractivity contribution in [3.63, 3.8) is 0 Å². The van der Waals surface area contributed by atoms with Crippen LogP contribution in [0.4, 0.5) is 0 Å². The number of benzene rings is 2. The molecule has 0 unspecified atom stereocenters. The highest BCUT2D eigenvalue weighted by molar-refractivity contribution is 5.96. The Bertz CT molecular complexity index is 650. The molecule has 0 saturated carbocycles. The van der Waals surface area contributed by atoms with Crippen LogP contribution >= 0.6 is 0 Å². The molecule has 3 heteroatoms. The van der Waals surface area contributed by atoms with Gasteiger partial charge in [-0.15, -0.1) is 0 Å². The van der Waals surface area contributed by atoms with Crippen LogP contribution in [-0.4, -0.2) is 10.2 Å². The van der Waals surface area contributed by atoms with Gasteiger partial charge in [0.15, 0.2) is 0 Å². The van der Waals surface area contributed by atoms with Gasteiger partial charge in [-0.2, -0.15) is 5.10 Å². The number of H-pyrrole nitrogens is 1. The summed E-state index contributed by atoms with van der Waals surface area (Å²) in [4.78, 5) is 0. The minimum absolute atomic E-state index is 0.495. The summed E-state index contributed by atoms with van der Waals surface area (Å²) in [6, 6.07) is 14.6. The minimum Gasteiger partial charge on any atom is -0.326 e. The molecule has 3 N–H and O–H groups in total. The minimum atomic E-state index is 0.495.